The minimum absolute atomic E-state index is 0.0205. The number of piperidine rings is 1. The number of hydrogen-bond acceptors (Lipinski definition) is 6. The van der Waals surface area contributed by atoms with Crippen molar-refractivity contribution in [1.29, 1.82) is 0 Å². The topological polar surface area (TPSA) is 79.4 Å². The van der Waals surface area contributed by atoms with Crippen LogP contribution < -0.4 is 20.3 Å². The summed E-state index contributed by atoms with van der Waals surface area (Å²) in [7, 11) is 0. The quantitative estimate of drug-likeness (QED) is 0.731. The summed E-state index contributed by atoms with van der Waals surface area (Å²) in [5.74, 6) is 2.68. The van der Waals surface area contributed by atoms with E-state index >= 15 is 0 Å². The van der Waals surface area contributed by atoms with Crippen LogP contribution in [0.15, 0.2) is 30.5 Å². The Bertz CT molecular complexity index is 880. The molecule has 7 heteroatoms. The lowest BCUT2D eigenvalue weighted by Crippen LogP contribution is -2.36. The fraction of sp³-hybridized carbons (Fsp3) is 0.522. The molecule has 2 aromatic rings. The van der Waals surface area contributed by atoms with Crippen molar-refractivity contribution in [2.45, 2.75) is 45.6 Å². The molecule has 0 unspecified atom stereocenters. The minimum atomic E-state index is -0.0205. The Hall–Kier alpha value is -2.67. The van der Waals surface area contributed by atoms with Crippen molar-refractivity contribution >= 4 is 17.7 Å². The standard InChI is InChI=1S/C23H31N5O2/c1-16(2)26-23-25-12-7-21(27-23)28(13-8-17-5-10-24-11-6-17)22(29)19-3-4-20-18(15-19)9-14-30-20/h3-4,7,12,15-17,24H,5-6,8-11,13-14H2,1-2H3,(H,25,26,27). The summed E-state index contributed by atoms with van der Waals surface area (Å²) >= 11 is 0. The summed E-state index contributed by atoms with van der Waals surface area (Å²) in [6.45, 7) is 7.53. The molecule has 4 rings (SSSR count). The lowest BCUT2D eigenvalue weighted by atomic mass is 9.94. The first-order chi connectivity index (χ1) is 14.6. The maximum absolute atomic E-state index is 13.5. The first-order valence-corrected chi connectivity index (χ1v) is 11.0. The van der Waals surface area contributed by atoms with Gasteiger partial charge in [-0.2, -0.15) is 4.98 Å². The monoisotopic (exact) mass is 409 g/mol. The molecule has 0 bridgehead atoms. The highest BCUT2D eigenvalue weighted by molar-refractivity contribution is 6.05. The molecule has 7 nitrogen and oxygen atoms in total. The van der Waals surface area contributed by atoms with Crippen LogP contribution in [-0.4, -0.2) is 48.2 Å². The predicted molar refractivity (Wildman–Crippen MR) is 118 cm³/mol. The largest absolute Gasteiger partial charge is 0.493 e. The number of hydrogen-bond donors (Lipinski definition) is 2. The van der Waals surface area contributed by atoms with Gasteiger partial charge in [0.1, 0.15) is 11.6 Å². The van der Waals surface area contributed by atoms with Crippen molar-refractivity contribution in [3.05, 3.63) is 41.6 Å². The molecule has 0 aliphatic carbocycles. The molecular weight excluding hydrogens is 378 g/mol. The van der Waals surface area contributed by atoms with Gasteiger partial charge in [-0.3, -0.25) is 9.69 Å². The first-order valence-electron chi connectivity index (χ1n) is 11.0. The van der Waals surface area contributed by atoms with E-state index in [1.54, 1.807) is 6.20 Å². The molecule has 0 saturated carbocycles. The molecule has 0 atom stereocenters. The zero-order valence-corrected chi connectivity index (χ0v) is 17.9. The van der Waals surface area contributed by atoms with Gasteiger partial charge in [-0.05, 0) is 81.9 Å². The summed E-state index contributed by atoms with van der Waals surface area (Å²) in [6.07, 6.45) is 5.85. The van der Waals surface area contributed by atoms with Crippen molar-refractivity contribution in [3.63, 3.8) is 0 Å². The smallest absolute Gasteiger partial charge is 0.259 e. The van der Waals surface area contributed by atoms with Crippen LogP contribution in [0.25, 0.3) is 0 Å². The maximum atomic E-state index is 13.5. The molecular formula is C23H31N5O2. The summed E-state index contributed by atoms with van der Waals surface area (Å²) < 4.78 is 5.60. The van der Waals surface area contributed by atoms with Crippen molar-refractivity contribution in [2.75, 3.05) is 36.5 Å². The number of carbonyl (C=O) groups excluding carboxylic acids is 1. The average molecular weight is 410 g/mol. The number of fused-ring (bicyclic) bond motifs is 1. The van der Waals surface area contributed by atoms with Crippen LogP contribution in [0.5, 0.6) is 5.75 Å². The number of nitrogens with zero attached hydrogens (tertiary/aromatic N) is 3. The SMILES string of the molecule is CC(C)Nc1nccc(N(CCC2CCNCC2)C(=O)c2ccc3c(c2)CCO3)n1. The predicted octanol–water partition coefficient (Wildman–Crippen LogP) is 3.27. The Morgan fingerprint density at radius 2 is 2.13 bits per heavy atom. The number of benzene rings is 1. The third kappa shape index (κ3) is 4.90. The van der Waals surface area contributed by atoms with Gasteiger partial charge in [-0.25, -0.2) is 4.98 Å². The highest BCUT2D eigenvalue weighted by Gasteiger charge is 2.24. The molecule has 2 N–H and O–H groups in total. The summed E-state index contributed by atoms with van der Waals surface area (Å²) in [4.78, 5) is 24.3. The zero-order chi connectivity index (χ0) is 20.9. The van der Waals surface area contributed by atoms with E-state index in [1.807, 2.05) is 43.0 Å². The molecule has 1 amide bonds. The van der Waals surface area contributed by atoms with E-state index in [2.05, 4.69) is 20.6 Å². The van der Waals surface area contributed by atoms with Crippen LogP contribution in [0.3, 0.4) is 0 Å². The van der Waals surface area contributed by atoms with Gasteiger partial charge < -0.3 is 15.4 Å². The highest BCUT2D eigenvalue weighted by atomic mass is 16.5. The Labute approximate surface area is 178 Å². The lowest BCUT2D eigenvalue weighted by Gasteiger charge is -2.27. The van der Waals surface area contributed by atoms with Crippen LogP contribution in [-0.2, 0) is 6.42 Å². The fourth-order valence-corrected chi connectivity index (χ4v) is 4.10. The Balaban J connectivity index is 1.58. The summed E-state index contributed by atoms with van der Waals surface area (Å²) in [5.41, 5.74) is 1.78. The highest BCUT2D eigenvalue weighted by Crippen LogP contribution is 2.28. The molecule has 30 heavy (non-hydrogen) atoms. The Morgan fingerprint density at radius 1 is 1.30 bits per heavy atom. The third-order valence-electron chi connectivity index (χ3n) is 5.74. The normalized spacial score (nSPS) is 16.2. The Morgan fingerprint density at radius 3 is 2.93 bits per heavy atom. The van der Waals surface area contributed by atoms with Gasteiger partial charge in [0.25, 0.3) is 5.91 Å². The van der Waals surface area contributed by atoms with Crippen molar-refractivity contribution in [3.8, 4) is 5.75 Å². The summed E-state index contributed by atoms with van der Waals surface area (Å²) in [6, 6.07) is 7.78. The van der Waals surface area contributed by atoms with Crippen molar-refractivity contribution in [2.24, 2.45) is 5.92 Å². The zero-order valence-electron chi connectivity index (χ0n) is 17.9. The fourth-order valence-electron chi connectivity index (χ4n) is 4.10. The number of amides is 1. The summed E-state index contributed by atoms with van der Waals surface area (Å²) in [5, 5.41) is 6.64. The minimum Gasteiger partial charge on any atom is -0.493 e. The van der Waals surface area contributed by atoms with Gasteiger partial charge in [0.15, 0.2) is 0 Å². The Kier molecular flexibility index (Phi) is 6.47. The van der Waals surface area contributed by atoms with Gasteiger partial charge in [0.05, 0.1) is 6.61 Å². The molecule has 1 saturated heterocycles. The second-order valence-electron chi connectivity index (χ2n) is 8.40. The second kappa shape index (κ2) is 9.43. The van der Waals surface area contributed by atoms with Crippen LogP contribution in [0.1, 0.15) is 49.0 Å². The number of nitrogens with one attached hydrogen (secondary N) is 2. The second-order valence-corrected chi connectivity index (χ2v) is 8.40. The molecule has 1 fully saturated rings. The van der Waals surface area contributed by atoms with Crippen molar-refractivity contribution < 1.29 is 9.53 Å². The molecule has 3 heterocycles. The van der Waals surface area contributed by atoms with Crippen molar-refractivity contribution in [1.82, 2.24) is 15.3 Å². The molecule has 2 aliphatic rings. The first kappa shape index (κ1) is 20.6. The van der Waals surface area contributed by atoms with Crippen LogP contribution in [0.2, 0.25) is 0 Å². The number of rotatable bonds is 7. The molecule has 0 spiro atoms. The van der Waals surface area contributed by atoms with Gasteiger partial charge in [-0.15, -0.1) is 0 Å². The van der Waals surface area contributed by atoms with E-state index in [9.17, 15) is 4.79 Å². The van der Waals surface area contributed by atoms with E-state index in [-0.39, 0.29) is 11.9 Å². The van der Waals surface area contributed by atoms with Crippen LogP contribution in [0.4, 0.5) is 11.8 Å². The molecule has 2 aliphatic heterocycles. The van der Waals surface area contributed by atoms with Gasteiger partial charge in [-0.1, -0.05) is 0 Å². The maximum Gasteiger partial charge on any atom is 0.259 e. The van der Waals surface area contributed by atoms with Gasteiger partial charge in [0.2, 0.25) is 5.95 Å². The van der Waals surface area contributed by atoms with Gasteiger partial charge in [0, 0.05) is 30.8 Å². The molecule has 160 valence electrons. The van der Waals surface area contributed by atoms with E-state index in [0.29, 0.717) is 36.4 Å². The number of anilines is 2. The number of ether oxygens (including phenoxy) is 1. The number of aromatic nitrogens is 2. The van der Waals surface area contributed by atoms with Crippen LogP contribution >= 0.6 is 0 Å². The van der Waals surface area contributed by atoms with E-state index in [1.165, 1.54) is 0 Å². The van der Waals surface area contributed by atoms with E-state index in [0.717, 1.165) is 50.1 Å². The van der Waals surface area contributed by atoms with E-state index < -0.39 is 0 Å². The lowest BCUT2D eigenvalue weighted by molar-refractivity contribution is 0.0984. The molecule has 1 aromatic heterocycles. The van der Waals surface area contributed by atoms with Crippen LogP contribution in [0, 0.1) is 5.92 Å². The third-order valence-corrected chi connectivity index (χ3v) is 5.74. The molecule has 0 radical (unpaired) electrons. The molecule has 1 aromatic carbocycles. The average Bonchev–Trinajstić information content (AvgIpc) is 3.22. The number of carbonyl (C=O) groups is 1. The van der Waals surface area contributed by atoms with E-state index in [4.69, 9.17) is 4.74 Å². The van der Waals surface area contributed by atoms with Gasteiger partial charge >= 0.3 is 0 Å².